The first-order valence-electron chi connectivity index (χ1n) is 2.84. The first-order chi connectivity index (χ1) is 4.02. The van der Waals surface area contributed by atoms with E-state index >= 15 is 0 Å². The summed E-state index contributed by atoms with van der Waals surface area (Å²) in [4.78, 5) is 0. The third-order valence-electron chi connectivity index (χ3n) is 1.75. The molecule has 0 saturated heterocycles. The Labute approximate surface area is 51.0 Å². The number of halogens is 3. The van der Waals surface area contributed by atoms with E-state index < -0.39 is 18.1 Å². The lowest BCUT2D eigenvalue weighted by atomic mass is 9.80. The Morgan fingerprint density at radius 1 is 1.22 bits per heavy atom. The van der Waals surface area contributed by atoms with Gasteiger partial charge in [0.25, 0.3) is 0 Å². The molecule has 0 aromatic carbocycles. The molecular formula is C5H8F3N. The van der Waals surface area contributed by atoms with Crippen LogP contribution in [0.1, 0.15) is 12.8 Å². The summed E-state index contributed by atoms with van der Waals surface area (Å²) in [6, 6.07) is -0.634. The predicted molar refractivity (Wildman–Crippen MR) is 26.8 cm³/mol. The van der Waals surface area contributed by atoms with E-state index in [1.54, 1.807) is 0 Å². The highest BCUT2D eigenvalue weighted by Gasteiger charge is 2.48. The first-order valence-corrected chi connectivity index (χ1v) is 2.84. The van der Waals surface area contributed by atoms with Crippen molar-refractivity contribution in [3.05, 3.63) is 0 Å². The molecule has 2 atom stereocenters. The quantitative estimate of drug-likeness (QED) is 0.537. The fraction of sp³-hybridized carbons (Fsp3) is 1.00. The second-order valence-corrected chi connectivity index (χ2v) is 2.39. The minimum absolute atomic E-state index is 0.213. The summed E-state index contributed by atoms with van der Waals surface area (Å²) in [7, 11) is 0. The van der Waals surface area contributed by atoms with Crippen LogP contribution in [0, 0.1) is 5.92 Å². The van der Waals surface area contributed by atoms with Crippen LogP contribution >= 0.6 is 0 Å². The maximum Gasteiger partial charge on any atom is 0.393 e. The van der Waals surface area contributed by atoms with Crippen molar-refractivity contribution < 1.29 is 13.2 Å². The van der Waals surface area contributed by atoms with E-state index in [4.69, 9.17) is 5.73 Å². The molecule has 0 amide bonds. The van der Waals surface area contributed by atoms with Gasteiger partial charge in [-0.05, 0) is 12.8 Å². The van der Waals surface area contributed by atoms with Crippen LogP contribution in [-0.2, 0) is 0 Å². The van der Waals surface area contributed by atoms with Gasteiger partial charge in [0.15, 0.2) is 0 Å². The van der Waals surface area contributed by atoms with Gasteiger partial charge < -0.3 is 5.73 Å². The molecular weight excluding hydrogens is 131 g/mol. The highest BCUT2D eigenvalue weighted by molar-refractivity contribution is 4.88. The maximum atomic E-state index is 11.7. The molecule has 1 fully saturated rings. The smallest absolute Gasteiger partial charge is 0.327 e. The van der Waals surface area contributed by atoms with Crippen LogP contribution in [0.25, 0.3) is 0 Å². The van der Waals surface area contributed by atoms with Crippen LogP contribution in [-0.4, -0.2) is 12.2 Å². The second kappa shape index (κ2) is 1.87. The van der Waals surface area contributed by atoms with Crippen molar-refractivity contribution in [1.29, 1.82) is 0 Å². The molecule has 9 heavy (non-hydrogen) atoms. The van der Waals surface area contributed by atoms with Gasteiger partial charge in [-0.1, -0.05) is 0 Å². The summed E-state index contributed by atoms with van der Waals surface area (Å²) in [5.41, 5.74) is 5.09. The average molecular weight is 139 g/mol. The van der Waals surface area contributed by atoms with Crippen LogP contribution in [0.4, 0.5) is 13.2 Å². The van der Waals surface area contributed by atoms with Crippen molar-refractivity contribution in [2.24, 2.45) is 11.7 Å². The van der Waals surface area contributed by atoms with Crippen molar-refractivity contribution in [3.63, 3.8) is 0 Å². The van der Waals surface area contributed by atoms with E-state index in [0.717, 1.165) is 0 Å². The van der Waals surface area contributed by atoms with E-state index in [0.29, 0.717) is 6.42 Å². The molecule has 0 aromatic heterocycles. The molecule has 0 heterocycles. The van der Waals surface area contributed by atoms with Gasteiger partial charge in [-0.25, -0.2) is 0 Å². The van der Waals surface area contributed by atoms with Crippen molar-refractivity contribution in [2.45, 2.75) is 25.1 Å². The van der Waals surface area contributed by atoms with Gasteiger partial charge in [0.05, 0.1) is 5.92 Å². The fourth-order valence-electron chi connectivity index (χ4n) is 0.932. The minimum Gasteiger partial charge on any atom is -0.327 e. The van der Waals surface area contributed by atoms with E-state index in [1.165, 1.54) is 0 Å². The SMILES string of the molecule is N[C@@H]1CC[C@@H]1C(F)(F)F. The molecule has 1 saturated carbocycles. The number of hydrogen-bond acceptors (Lipinski definition) is 1. The lowest BCUT2D eigenvalue weighted by Crippen LogP contribution is -2.47. The predicted octanol–water partition coefficient (Wildman–Crippen LogP) is 1.29. The van der Waals surface area contributed by atoms with E-state index in [-0.39, 0.29) is 6.42 Å². The largest absolute Gasteiger partial charge is 0.393 e. The molecule has 0 radical (unpaired) electrons. The Bertz CT molecular complexity index is 109. The monoisotopic (exact) mass is 139 g/mol. The molecule has 0 spiro atoms. The van der Waals surface area contributed by atoms with Crippen molar-refractivity contribution >= 4 is 0 Å². The van der Waals surface area contributed by atoms with E-state index in [1.807, 2.05) is 0 Å². The van der Waals surface area contributed by atoms with Crippen LogP contribution < -0.4 is 5.73 Å². The van der Waals surface area contributed by atoms with Crippen LogP contribution in [0.2, 0.25) is 0 Å². The number of rotatable bonds is 0. The molecule has 2 N–H and O–H groups in total. The van der Waals surface area contributed by atoms with Crippen LogP contribution in [0.15, 0.2) is 0 Å². The Hall–Kier alpha value is -0.250. The molecule has 4 heteroatoms. The van der Waals surface area contributed by atoms with Gasteiger partial charge >= 0.3 is 6.18 Å². The average Bonchev–Trinajstić information content (AvgIpc) is 1.57. The Morgan fingerprint density at radius 2 is 1.78 bits per heavy atom. The molecule has 1 nitrogen and oxygen atoms in total. The van der Waals surface area contributed by atoms with Gasteiger partial charge in [0.2, 0.25) is 0 Å². The zero-order valence-electron chi connectivity index (χ0n) is 4.78. The minimum atomic E-state index is -4.06. The second-order valence-electron chi connectivity index (χ2n) is 2.39. The summed E-state index contributed by atoms with van der Waals surface area (Å²) in [6.45, 7) is 0. The Morgan fingerprint density at radius 3 is 1.78 bits per heavy atom. The summed E-state index contributed by atoms with van der Waals surface area (Å²) >= 11 is 0. The zero-order chi connectivity index (χ0) is 7.07. The van der Waals surface area contributed by atoms with Gasteiger partial charge in [-0.15, -0.1) is 0 Å². The topological polar surface area (TPSA) is 26.0 Å². The van der Waals surface area contributed by atoms with Crippen molar-refractivity contribution in [1.82, 2.24) is 0 Å². The summed E-state index contributed by atoms with van der Waals surface area (Å²) in [5, 5.41) is 0. The normalized spacial score (nSPS) is 36.0. The standard InChI is InChI=1S/C5H8F3N/c6-5(7,8)3-1-2-4(3)9/h3-4H,1-2,9H2/t3-,4+/m0/s1. The first kappa shape index (κ1) is 6.86. The van der Waals surface area contributed by atoms with E-state index in [9.17, 15) is 13.2 Å². The number of hydrogen-bond donors (Lipinski definition) is 1. The Balaban J connectivity index is 2.44. The lowest BCUT2D eigenvalue weighted by Gasteiger charge is -2.34. The Kier molecular flexibility index (Phi) is 1.42. The lowest BCUT2D eigenvalue weighted by molar-refractivity contribution is -0.199. The molecule has 0 unspecified atom stereocenters. The van der Waals surface area contributed by atoms with Crippen LogP contribution in [0.3, 0.4) is 0 Å². The zero-order valence-corrected chi connectivity index (χ0v) is 4.78. The molecule has 0 aliphatic heterocycles. The molecule has 0 aromatic rings. The van der Waals surface area contributed by atoms with Gasteiger partial charge in [0, 0.05) is 6.04 Å². The van der Waals surface area contributed by atoms with Crippen molar-refractivity contribution in [3.8, 4) is 0 Å². The number of nitrogens with two attached hydrogens (primary N) is 1. The highest BCUT2D eigenvalue weighted by atomic mass is 19.4. The third kappa shape index (κ3) is 1.18. The van der Waals surface area contributed by atoms with Gasteiger partial charge in [-0.2, -0.15) is 13.2 Å². The van der Waals surface area contributed by atoms with Crippen molar-refractivity contribution in [2.75, 3.05) is 0 Å². The van der Waals surface area contributed by atoms with Crippen LogP contribution in [0.5, 0.6) is 0 Å². The molecule has 1 rings (SSSR count). The summed E-state index contributed by atoms with van der Waals surface area (Å²) in [5.74, 6) is -1.22. The fourth-order valence-corrected chi connectivity index (χ4v) is 0.932. The van der Waals surface area contributed by atoms with Gasteiger partial charge in [-0.3, -0.25) is 0 Å². The summed E-state index contributed by atoms with van der Waals surface area (Å²) in [6.07, 6.45) is -3.33. The van der Waals surface area contributed by atoms with Gasteiger partial charge in [0.1, 0.15) is 0 Å². The number of alkyl halides is 3. The highest BCUT2D eigenvalue weighted by Crippen LogP contribution is 2.39. The molecule has 0 bridgehead atoms. The van der Waals surface area contributed by atoms with E-state index in [2.05, 4.69) is 0 Å². The summed E-state index contributed by atoms with van der Waals surface area (Å²) < 4.78 is 35.0. The molecule has 54 valence electrons. The maximum absolute atomic E-state index is 11.7. The molecule has 1 aliphatic rings. The third-order valence-corrected chi connectivity index (χ3v) is 1.75. The molecule has 1 aliphatic carbocycles.